The van der Waals surface area contributed by atoms with Crippen LogP contribution < -0.4 is 4.74 Å². The Balaban J connectivity index is 1.97. The molecule has 0 amide bonds. The van der Waals surface area contributed by atoms with Crippen LogP contribution in [0, 0.1) is 3.95 Å². The van der Waals surface area contributed by atoms with E-state index in [9.17, 15) is 5.11 Å². The smallest absolute Gasteiger partial charge is 0.210 e. The van der Waals surface area contributed by atoms with Crippen LogP contribution in [0.3, 0.4) is 0 Å². The standard InChI is InChI=1S/C18H18N2O2S2/c1-3-13-20-17(21)16(24-18(20)23)7-5-4-6-12-19-14-8-10-15(22-2)11-9-14/h3-12,21H,1,13H2,2H3. The molecule has 24 heavy (non-hydrogen) atoms. The van der Waals surface area contributed by atoms with Crippen molar-refractivity contribution >= 4 is 41.5 Å². The minimum absolute atomic E-state index is 0.168. The van der Waals surface area contributed by atoms with Gasteiger partial charge in [-0.15, -0.1) is 17.9 Å². The Kier molecular flexibility index (Phi) is 6.72. The second kappa shape index (κ2) is 9.00. The predicted octanol–water partition coefficient (Wildman–Crippen LogP) is 5.15. The van der Waals surface area contributed by atoms with Crippen LogP contribution in [0.1, 0.15) is 4.88 Å². The molecule has 2 aromatic rings. The Hall–Kier alpha value is -2.44. The highest BCUT2D eigenvalue weighted by Crippen LogP contribution is 2.27. The first-order valence-electron chi connectivity index (χ1n) is 7.20. The summed E-state index contributed by atoms with van der Waals surface area (Å²) in [6, 6.07) is 7.49. The zero-order chi connectivity index (χ0) is 17.4. The van der Waals surface area contributed by atoms with Gasteiger partial charge in [0.05, 0.1) is 17.7 Å². The highest BCUT2D eigenvalue weighted by Gasteiger charge is 2.07. The molecule has 0 aliphatic heterocycles. The number of thiazole rings is 1. The molecule has 0 unspecified atom stereocenters. The molecule has 0 atom stereocenters. The number of aromatic hydroxyl groups is 1. The van der Waals surface area contributed by atoms with Crippen LogP contribution in [-0.2, 0) is 6.54 Å². The monoisotopic (exact) mass is 358 g/mol. The average molecular weight is 358 g/mol. The zero-order valence-corrected chi connectivity index (χ0v) is 14.9. The Labute approximate surface area is 150 Å². The highest BCUT2D eigenvalue weighted by atomic mass is 32.1. The van der Waals surface area contributed by atoms with E-state index in [-0.39, 0.29) is 5.88 Å². The fraction of sp³-hybridized carbons (Fsp3) is 0.111. The van der Waals surface area contributed by atoms with E-state index in [4.69, 9.17) is 17.0 Å². The lowest BCUT2D eigenvalue weighted by Crippen LogP contribution is -1.92. The number of allylic oxidation sites excluding steroid dienone is 4. The van der Waals surface area contributed by atoms with Gasteiger partial charge in [-0.2, -0.15) is 0 Å². The lowest BCUT2D eigenvalue weighted by Gasteiger charge is -1.98. The fourth-order valence-electron chi connectivity index (χ4n) is 1.87. The molecule has 0 saturated heterocycles. The second-order valence-electron chi connectivity index (χ2n) is 4.68. The third kappa shape index (κ3) is 4.78. The zero-order valence-electron chi connectivity index (χ0n) is 13.3. The number of nitrogens with zero attached hydrogens (tertiary/aromatic N) is 2. The highest BCUT2D eigenvalue weighted by molar-refractivity contribution is 7.73. The number of benzene rings is 1. The fourth-order valence-corrected chi connectivity index (χ4v) is 3.10. The third-order valence-corrected chi connectivity index (χ3v) is 4.46. The average Bonchev–Trinajstić information content (AvgIpc) is 2.86. The first-order valence-corrected chi connectivity index (χ1v) is 8.43. The Morgan fingerprint density at radius 2 is 2.04 bits per heavy atom. The Morgan fingerprint density at radius 3 is 2.71 bits per heavy atom. The summed E-state index contributed by atoms with van der Waals surface area (Å²) in [6.45, 7) is 4.15. The number of aliphatic imine (C=N–C) groups is 1. The van der Waals surface area contributed by atoms with Gasteiger partial charge >= 0.3 is 0 Å². The largest absolute Gasteiger partial charge is 0.497 e. The summed E-state index contributed by atoms with van der Waals surface area (Å²) >= 11 is 6.57. The van der Waals surface area contributed by atoms with Crippen molar-refractivity contribution < 1.29 is 9.84 Å². The summed E-state index contributed by atoms with van der Waals surface area (Å²) in [5.74, 6) is 0.972. The van der Waals surface area contributed by atoms with E-state index < -0.39 is 0 Å². The molecule has 1 aromatic carbocycles. The minimum Gasteiger partial charge on any atom is -0.497 e. The summed E-state index contributed by atoms with van der Waals surface area (Å²) < 4.78 is 7.36. The van der Waals surface area contributed by atoms with E-state index in [0.717, 1.165) is 16.3 Å². The molecule has 0 spiro atoms. The van der Waals surface area contributed by atoms with E-state index in [1.807, 2.05) is 48.6 Å². The third-order valence-electron chi connectivity index (χ3n) is 3.06. The van der Waals surface area contributed by atoms with Gasteiger partial charge < -0.3 is 9.84 Å². The first-order chi connectivity index (χ1) is 11.7. The Bertz CT molecular complexity index is 828. The van der Waals surface area contributed by atoms with Crippen molar-refractivity contribution in [2.75, 3.05) is 7.11 Å². The van der Waals surface area contributed by atoms with E-state index in [1.165, 1.54) is 11.3 Å². The van der Waals surface area contributed by atoms with Gasteiger partial charge in [-0.25, -0.2) is 0 Å². The quantitative estimate of drug-likeness (QED) is 0.322. The van der Waals surface area contributed by atoms with Crippen LogP contribution in [0.2, 0.25) is 0 Å². The van der Waals surface area contributed by atoms with Crippen LogP contribution in [0.15, 0.2) is 60.1 Å². The molecule has 0 saturated carbocycles. The molecule has 1 heterocycles. The summed E-state index contributed by atoms with van der Waals surface area (Å²) in [6.07, 6.45) is 10.7. The molecule has 124 valence electrons. The van der Waals surface area contributed by atoms with Gasteiger partial charge in [0, 0.05) is 12.8 Å². The van der Waals surface area contributed by atoms with Gasteiger partial charge in [-0.3, -0.25) is 9.56 Å². The summed E-state index contributed by atoms with van der Waals surface area (Å²) in [7, 11) is 1.63. The molecule has 6 heteroatoms. The molecule has 0 fully saturated rings. The van der Waals surface area contributed by atoms with Gasteiger partial charge in [0.25, 0.3) is 0 Å². The number of ether oxygens (including phenoxy) is 1. The van der Waals surface area contributed by atoms with Crippen LogP contribution >= 0.6 is 23.6 Å². The number of methoxy groups -OCH3 is 1. The van der Waals surface area contributed by atoms with E-state index in [1.54, 1.807) is 24.0 Å². The van der Waals surface area contributed by atoms with Crippen molar-refractivity contribution in [2.24, 2.45) is 4.99 Å². The molecule has 2 rings (SSSR count). The molecule has 0 bridgehead atoms. The van der Waals surface area contributed by atoms with Gasteiger partial charge in [-0.05, 0) is 48.6 Å². The van der Waals surface area contributed by atoms with Crippen LogP contribution in [-0.4, -0.2) is 23.0 Å². The second-order valence-corrected chi connectivity index (χ2v) is 6.35. The van der Waals surface area contributed by atoms with Gasteiger partial charge in [0.15, 0.2) is 3.95 Å². The van der Waals surface area contributed by atoms with Crippen LogP contribution in [0.25, 0.3) is 6.08 Å². The molecular formula is C18H18N2O2S2. The summed E-state index contributed by atoms with van der Waals surface area (Å²) in [5.41, 5.74) is 0.849. The van der Waals surface area contributed by atoms with E-state index >= 15 is 0 Å². The normalized spacial score (nSPS) is 11.7. The molecule has 0 radical (unpaired) electrons. The predicted molar refractivity (Wildman–Crippen MR) is 104 cm³/mol. The van der Waals surface area contributed by atoms with Crippen molar-refractivity contribution in [3.63, 3.8) is 0 Å². The molecule has 1 N–H and O–H groups in total. The van der Waals surface area contributed by atoms with Crippen molar-refractivity contribution in [2.45, 2.75) is 6.54 Å². The maximum Gasteiger partial charge on any atom is 0.210 e. The Morgan fingerprint density at radius 1 is 1.29 bits per heavy atom. The van der Waals surface area contributed by atoms with Gasteiger partial charge in [-0.1, -0.05) is 18.2 Å². The topological polar surface area (TPSA) is 46.8 Å². The number of hydrogen-bond donors (Lipinski definition) is 1. The van der Waals surface area contributed by atoms with Crippen LogP contribution in [0.4, 0.5) is 5.69 Å². The lowest BCUT2D eigenvalue weighted by molar-refractivity contribution is 0.415. The molecule has 1 aromatic heterocycles. The summed E-state index contributed by atoms with van der Waals surface area (Å²) in [5, 5.41) is 10.1. The number of rotatable bonds is 7. The molecule has 4 nitrogen and oxygen atoms in total. The van der Waals surface area contributed by atoms with Gasteiger partial charge in [0.2, 0.25) is 5.88 Å². The van der Waals surface area contributed by atoms with Crippen molar-refractivity contribution in [3.05, 3.63) is 64.0 Å². The van der Waals surface area contributed by atoms with E-state index in [0.29, 0.717) is 10.5 Å². The molecule has 0 aliphatic rings. The number of aromatic nitrogens is 1. The summed E-state index contributed by atoms with van der Waals surface area (Å²) in [4.78, 5) is 5.03. The van der Waals surface area contributed by atoms with E-state index in [2.05, 4.69) is 11.6 Å². The van der Waals surface area contributed by atoms with Crippen LogP contribution in [0.5, 0.6) is 11.6 Å². The lowest BCUT2D eigenvalue weighted by atomic mass is 10.3. The SMILES string of the molecule is C=CCn1c(O)c(C=CC=CC=Nc2ccc(OC)cc2)sc1=S. The van der Waals surface area contributed by atoms with Crippen molar-refractivity contribution in [1.82, 2.24) is 4.57 Å². The number of hydrogen-bond acceptors (Lipinski definition) is 5. The molecular weight excluding hydrogens is 340 g/mol. The molecule has 0 aliphatic carbocycles. The maximum absolute atomic E-state index is 10.1. The van der Waals surface area contributed by atoms with Crippen molar-refractivity contribution in [3.8, 4) is 11.6 Å². The maximum atomic E-state index is 10.1. The minimum atomic E-state index is 0.168. The van der Waals surface area contributed by atoms with Crippen molar-refractivity contribution in [1.29, 1.82) is 0 Å². The van der Waals surface area contributed by atoms with Gasteiger partial charge in [0.1, 0.15) is 5.75 Å². The first kappa shape index (κ1) is 17.9.